The topological polar surface area (TPSA) is 92.9 Å². The summed E-state index contributed by atoms with van der Waals surface area (Å²) in [5.74, 6) is 0.693. The van der Waals surface area contributed by atoms with Crippen LogP contribution in [-0.4, -0.2) is 35.5 Å². The Morgan fingerprint density at radius 2 is 2.19 bits per heavy atom. The molecule has 0 aromatic carbocycles. The van der Waals surface area contributed by atoms with E-state index in [1.54, 1.807) is 17.7 Å². The van der Waals surface area contributed by atoms with Crippen LogP contribution in [0.2, 0.25) is 0 Å². The second-order valence-electron chi connectivity index (χ2n) is 5.11. The summed E-state index contributed by atoms with van der Waals surface area (Å²) in [5.41, 5.74) is 6.73. The van der Waals surface area contributed by atoms with Gasteiger partial charge in [-0.05, 0) is 31.2 Å². The average Bonchev–Trinajstić information content (AvgIpc) is 2.90. The summed E-state index contributed by atoms with van der Waals surface area (Å²) in [5, 5.41) is 6.98. The van der Waals surface area contributed by atoms with Crippen LogP contribution in [0.25, 0.3) is 10.2 Å². The zero-order valence-corrected chi connectivity index (χ0v) is 12.6. The number of carbonyl (C=O) groups is 1. The number of anilines is 1. The Morgan fingerprint density at radius 1 is 1.33 bits per heavy atom. The molecule has 2 aromatic heterocycles. The third kappa shape index (κ3) is 2.98. The third-order valence-corrected chi connectivity index (χ3v) is 4.83. The second-order valence-corrected chi connectivity index (χ2v) is 6.19. The number of aromatic nitrogens is 2. The lowest BCUT2D eigenvalue weighted by Gasteiger charge is -2.12. The fourth-order valence-electron chi connectivity index (χ4n) is 2.66. The van der Waals surface area contributed by atoms with Crippen molar-refractivity contribution in [3.8, 4) is 0 Å². The molecule has 3 rings (SSSR count). The highest BCUT2D eigenvalue weighted by molar-refractivity contribution is 7.19. The molecule has 1 aliphatic carbocycles. The molecule has 0 spiro atoms. The van der Waals surface area contributed by atoms with Gasteiger partial charge in [0.05, 0.1) is 11.9 Å². The van der Waals surface area contributed by atoms with E-state index < -0.39 is 0 Å². The fraction of sp³-hybridized carbons (Fsp3) is 0.500. The van der Waals surface area contributed by atoms with Gasteiger partial charge in [0.2, 0.25) is 5.91 Å². The van der Waals surface area contributed by atoms with Crippen molar-refractivity contribution >= 4 is 33.3 Å². The zero-order valence-electron chi connectivity index (χ0n) is 11.8. The van der Waals surface area contributed by atoms with Crippen molar-refractivity contribution in [1.82, 2.24) is 15.3 Å². The van der Waals surface area contributed by atoms with Crippen molar-refractivity contribution in [2.45, 2.75) is 25.7 Å². The summed E-state index contributed by atoms with van der Waals surface area (Å²) < 4.78 is 0. The summed E-state index contributed by atoms with van der Waals surface area (Å²) in [6.07, 6.45) is 6.23. The van der Waals surface area contributed by atoms with E-state index in [0.29, 0.717) is 13.1 Å². The quantitative estimate of drug-likeness (QED) is 0.768. The first kappa shape index (κ1) is 14.2. The molecule has 112 valence electrons. The first-order valence-corrected chi connectivity index (χ1v) is 8.07. The van der Waals surface area contributed by atoms with Gasteiger partial charge in [-0.2, -0.15) is 0 Å². The number of hydrogen-bond acceptors (Lipinski definition) is 6. The second kappa shape index (κ2) is 6.36. The molecular weight excluding hydrogens is 286 g/mol. The monoisotopic (exact) mass is 305 g/mol. The van der Waals surface area contributed by atoms with Crippen molar-refractivity contribution in [2.24, 2.45) is 5.73 Å². The Morgan fingerprint density at radius 3 is 3.05 bits per heavy atom. The minimum absolute atomic E-state index is 0.0729. The molecule has 1 aliphatic rings. The lowest BCUT2D eigenvalue weighted by atomic mass is 9.97. The van der Waals surface area contributed by atoms with Crippen molar-refractivity contribution < 1.29 is 4.79 Å². The van der Waals surface area contributed by atoms with Gasteiger partial charge in [0, 0.05) is 18.0 Å². The van der Waals surface area contributed by atoms with Gasteiger partial charge < -0.3 is 16.4 Å². The van der Waals surface area contributed by atoms with E-state index in [9.17, 15) is 4.79 Å². The number of carbonyl (C=O) groups excluding carboxylic acids is 1. The SMILES string of the molecule is NCCNC(=O)CNc1ncnc2sc3c(c12)CCCC3. The van der Waals surface area contributed by atoms with Crippen LogP contribution >= 0.6 is 11.3 Å². The molecule has 1 amide bonds. The lowest BCUT2D eigenvalue weighted by molar-refractivity contribution is -0.119. The Bertz CT molecular complexity index is 654. The van der Waals surface area contributed by atoms with E-state index in [-0.39, 0.29) is 12.5 Å². The molecule has 0 saturated carbocycles. The Balaban J connectivity index is 1.82. The predicted molar refractivity (Wildman–Crippen MR) is 84.6 cm³/mol. The molecule has 7 heteroatoms. The minimum atomic E-state index is -0.0729. The summed E-state index contributed by atoms with van der Waals surface area (Å²) in [6, 6.07) is 0. The predicted octanol–water partition coefficient (Wildman–Crippen LogP) is 1.06. The largest absolute Gasteiger partial charge is 0.360 e. The Labute approximate surface area is 127 Å². The van der Waals surface area contributed by atoms with Crippen LogP contribution in [0.3, 0.4) is 0 Å². The van der Waals surface area contributed by atoms with Crippen LogP contribution in [-0.2, 0) is 17.6 Å². The number of nitrogens with two attached hydrogens (primary N) is 1. The van der Waals surface area contributed by atoms with Crippen LogP contribution in [0.1, 0.15) is 23.3 Å². The molecule has 0 aliphatic heterocycles. The third-order valence-electron chi connectivity index (χ3n) is 3.63. The van der Waals surface area contributed by atoms with Gasteiger partial charge in [0.25, 0.3) is 0 Å². The molecule has 6 nitrogen and oxygen atoms in total. The summed E-state index contributed by atoms with van der Waals surface area (Å²) in [4.78, 5) is 22.8. The molecular formula is C14H19N5OS. The number of hydrogen-bond donors (Lipinski definition) is 3. The van der Waals surface area contributed by atoms with Gasteiger partial charge in [0.1, 0.15) is 17.0 Å². The van der Waals surface area contributed by atoms with Gasteiger partial charge >= 0.3 is 0 Å². The molecule has 2 heterocycles. The van der Waals surface area contributed by atoms with Gasteiger partial charge in [-0.25, -0.2) is 9.97 Å². The van der Waals surface area contributed by atoms with Gasteiger partial charge in [0.15, 0.2) is 0 Å². The maximum atomic E-state index is 11.7. The standard InChI is InChI=1S/C14H19N5OS/c15-5-6-16-11(20)7-17-13-12-9-3-1-2-4-10(9)21-14(12)19-8-18-13/h8H,1-7,15H2,(H,16,20)(H,17,18,19). The number of nitrogens with zero attached hydrogens (tertiary/aromatic N) is 2. The van der Waals surface area contributed by atoms with E-state index in [1.807, 2.05) is 0 Å². The maximum Gasteiger partial charge on any atom is 0.239 e. The van der Waals surface area contributed by atoms with Crippen LogP contribution in [0.5, 0.6) is 0 Å². The molecule has 0 bridgehead atoms. The number of thiophene rings is 1. The Kier molecular flexibility index (Phi) is 4.31. The van der Waals surface area contributed by atoms with E-state index >= 15 is 0 Å². The first-order chi connectivity index (χ1) is 10.3. The number of rotatable bonds is 5. The minimum Gasteiger partial charge on any atom is -0.360 e. The van der Waals surface area contributed by atoms with Gasteiger partial charge in [-0.1, -0.05) is 0 Å². The number of amides is 1. The van der Waals surface area contributed by atoms with E-state index in [4.69, 9.17) is 5.73 Å². The molecule has 0 radical (unpaired) electrons. The van der Waals surface area contributed by atoms with Crippen molar-refractivity contribution in [2.75, 3.05) is 25.0 Å². The Hall–Kier alpha value is -1.73. The molecule has 0 atom stereocenters. The lowest BCUT2D eigenvalue weighted by Crippen LogP contribution is -2.33. The molecule has 4 N–H and O–H groups in total. The van der Waals surface area contributed by atoms with Gasteiger partial charge in [-0.15, -0.1) is 11.3 Å². The van der Waals surface area contributed by atoms with Crippen LogP contribution < -0.4 is 16.4 Å². The summed E-state index contributed by atoms with van der Waals surface area (Å²) in [7, 11) is 0. The van der Waals surface area contributed by atoms with E-state index in [0.717, 1.165) is 28.9 Å². The van der Waals surface area contributed by atoms with Crippen molar-refractivity contribution in [3.63, 3.8) is 0 Å². The molecule has 2 aromatic rings. The number of aryl methyl sites for hydroxylation is 2. The number of nitrogens with one attached hydrogen (secondary N) is 2. The van der Waals surface area contributed by atoms with Crippen LogP contribution in [0, 0.1) is 0 Å². The van der Waals surface area contributed by atoms with Crippen LogP contribution in [0.4, 0.5) is 5.82 Å². The molecule has 0 saturated heterocycles. The van der Waals surface area contributed by atoms with E-state index in [2.05, 4.69) is 20.6 Å². The zero-order chi connectivity index (χ0) is 14.7. The molecule has 0 unspecified atom stereocenters. The highest BCUT2D eigenvalue weighted by Crippen LogP contribution is 2.37. The first-order valence-electron chi connectivity index (χ1n) is 7.25. The van der Waals surface area contributed by atoms with Crippen molar-refractivity contribution in [1.29, 1.82) is 0 Å². The van der Waals surface area contributed by atoms with Gasteiger partial charge in [-0.3, -0.25) is 4.79 Å². The highest BCUT2D eigenvalue weighted by atomic mass is 32.1. The van der Waals surface area contributed by atoms with Crippen molar-refractivity contribution in [3.05, 3.63) is 16.8 Å². The molecule has 21 heavy (non-hydrogen) atoms. The maximum absolute atomic E-state index is 11.7. The smallest absolute Gasteiger partial charge is 0.239 e. The van der Waals surface area contributed by atoms with Crippen LogP contribution in [0.15, 0.2) is 6.33 Å². The highest BCUT2D eigenvalue weighted by Gasteiger charge is 2.19. The summed E-state index contributed by atoms with van der Waals surface area (Å²) >= 11 is 1.75. The van der Waals surface area contributed by atoms with E-state index in [1.165, 1.54) is 23.3 Å². The fourth-order valence-corrected chi connectivity index (χ4v) is 3.89. The number of fused-ring (bicyclic) bond motifs is 3. The summed E-state index contributed by atoms with van der Waals surface area (Å²) in [6.45, 7) is 1.14. The molecule has 0 fully saturated rings. The normalized spacial score (nSPS) is 14.0. The average molecular weight is 305 g/mol.